The summed E-state index contributed by atoms with van der Waals surface area (Å²) in [6.07, 6.45) is 0.281. The Morgan fingerprint density at radius 3 is 2.49 bits per heavy atom. The van der Waals surface area contributed by atoms with Crippen LogP contribution in [0.1, 0.15) is 31.9 Å². The summed E-state index contributed by atoms with van der Waals surface area (Å²) >= 11 is 0. The first-order valence-corrected chi connectivity index (χ1v) is 15.8. The zero-order valence-corrected chi connectivity index (χ0v) is 26.0. The maximum Gasteiger partial charge on any atom is 0.401 e. The maximum atomic E-state index is 15.3. The van der Waals surface area contributed by atoms with E-state index in [9.17, 15) is 26.4 Å². The number of sulfone groups is 1. The molecule has 0 aliphatic carbocycles. The van der Waals surface area contributed by atoms with Gasteiger partial charge in [0.1, 0.15) is 5.75 Å². The molecule has 1 N–H and O–H groups in total. The van der Waals surface area contributed by atoms with Crippen LogP contribution in [-0.2, 0) is 26.6 Å². The van der Waals surface area contributed by atoms with E-state index in [-0.39, 0.29) is 53.1 Å². The largest absolute Gasteiger partial charge is 0.453 e. The fourth-order valence-electron chi connectivity index (χ4n) is 5.24. The SMILES string of the molecule is Cc1cc(CC(=O)Nc2cnn(C(C)(C)C)c2)cc(F)c1Oc1ccnc2ccc(S(=O)(=O)CC3CN(CC(F)(F)F)C3)cc12. The molecule has 0 unspecified atom stereocenters. The first kappa shape index (κ1) is 32.4. The molecule has 9 nitrogen and oxygen atoms in total. The van der Waals surface area contributed by atoms with Crippen LogP contribution in [0.25, 0.3) is 10.9 Å². The van der Waals surface area contributed by atoms with Gasteiger partial charge < -0.3 is 10.1 Å². The number of hydrogen-bond donors (Lipinski definition) is 1. The number of anilines is 1. The van der Waals surface area contributed by atoms with Gasteiger partial charge in [-0.25, -0.2) is 12.8 Å². The van der Waals surface area contributed by atoms with Gasteiger partial charge in [-0.2, -0.15) is 18.3 Å². The van der Waals surface area contributed by atoms with Gasteiger partial charge >= 0.3 is 6.18 Å². The summed E-state index contributed by atoms with van der Waals surface area (Å²) in [5, 5.41) is 7.34. The van der Waals surface area contributed by atoms with Crippen molar-refractivity contribution in [2.45, 2.75) is 50.7 Å². The Balaban J connectivity index is 1.30. The number of pyridine rings is 1. The second kappa shape index (κ2) is 12.0. The number of fused-ring (bicyclic) bond motifs is 1. The Labute approximate surface area is 258 Å². The highest BCUT2D eigenvalue weighted by molar-refractivity contribution is 7.91. The highest BCUT2D eigenvalue weighted by Gasteiger charge is 2.38. The zero-order valence-electron chi connectivity index (χ0n) is 25.2. The molecule has 1 aliphatic rings. The number of carbonyl (C=O) groups is 1. The Morgan fingerprint density at radius 2 is 1.84 bits per heavy atom. The molecule has 1 fully saturated rings. The van der Waals surface area contributed by atoms with Crippen LogP contribution in [0.5, 0.6) is 11.5 Å². The van der Waals surface area contributed by atoms with E-state index in [0.29, 0.717) is 27.7 Å². The molecule has 4 aromatic rings. The van der Waals surface area contributed by atoms with Crippen molar-refractivity contribution >= 4 is 32.3 Å². The number of likely N-dealkylation sites (tertiary alicyclic amines) is 1. The van der Waals surface area contributed by atoms with Gasteiger partial charge in [0.05, 0.1) is 46.6 Å². The average molecular weight is 648 g/mol. The molecule has 14 heteroatoms. The lowest BCUT2D eigenvalue weighted by Gasteiger charge is -2.39. The van der Waals surface area contributed by atoms with E-state index in [2.05, 4.69) is 15.4 Å². The lowest BCUT2D eigenvalue weighted by atomic mass is 10.0. The van der Waals surface area contributed by atoms with Gasteiger partial charge in [-0.15, -0.1) is 0 Å². The number of aryl methyl sites for hydroxylation is 1. The quantitative estimate of drug-likeness (QED) is 0.227. The molecule has 0 saturated carbocycles. The monoisotopic (exact) mass is 647 g/mol. The van der Waals surface area contributed by atoms with Crippen LogP contribution in [-0.4, -0.2) is 65.6 Å². The van der Waals surface area contributed by atoms with Crippen molar-refractivity contribution in [3.63, 3.8) is 0 Å². The topological polar surface area (TPSA) is 106 Å². The molecular formula is C31H33F4N5O4S. The number of halogens is 4. The fraction of sp³-hybridized carbons (Fsp3) is 0.387. The molecular weight excluding hydrogens is 614 g/mol. The summed E-state index contributed by atoms with van der Waals surface area (Å²) in [6, 6.07) is 8.60. The fourth-order valence-corrected chi connectivity index (χ4v) is 6.84. The minimum absolute atomic E-state index is 0.0336. The van der Waals surface area contributed by atoms with E-state index in [1.807, 2.05) is 20.8 Å². The molecule has 240 valence electrons. The van der Waals surface area contributed by atoms with Gasteiger partial charge in [-0.3, -0.25) is 19.4 Å². The maximum absolute atomic E-state index is 15.3. The van der Waals surface area contributed by atoms with Crippen molar-refractivity contribution in [1.29, 1.82) is 0 Å². The van der Waals surface area contributed by atoms with Gasteiger partial charge in [0.25, 0.3) is 0 Å². The molecule has 2 aromatic heterocycles. The summed E-state index contributed by atoms with van der Waals surface area (Å²) in [6.45, 7) is 6.58. The van der Waals surface area contributed by atoms with Crippen LogP contribution < -0.4 is 10.1 Å². The minimum atomic E-state index is -4.34. The molecule has 0 spiro atoms. The summed E-state index contributed by atoms with van der Waals surface area (Å²) in [7, 11) is -3.84. The molecule has 0 atom stereocenters. The smallest absolute Gasteiger partial charge is 0.401 e. The number of ether oxygens (including phenoxy) is 1. The van der Waals surface area contributed by atoms with E-state index >= 15 is 4.39 Å². The van der Waals surface area contributed by atoms with Crippen molar-refractivity contribution in [3.05, 3.63) is 71.9 Å². The van der Waals surface area contributed by atoms with Crippen molar-refractivity contribution < 1.29 is 35.5 Å². The molecule has 0 radical (unpaired) electrons. The lowest BCUT2D eigenvalue weighted by Crippen LogP contribution is -2.52. The predicted octanol–water partition coefficient (Wildman–Crippen LogP) is 5.88. The van der Waals surface area contributed by atoms with Crippen molar-refractivity contribution in [2.24, 2.45) is 5.92 Å². The van der Waals surface area contributed by atoms with Crippen molar-refractivity contribution in [3.8, 4) is 11.5 Å². The van der Waals surface area contributed by atoms with Gasteiger partial charge in [0.15, 0.2) is 21.4 Å². The highest BCUT2D eigenvalue weighted by atomic mass is 32.2. The predicted molar refractivity (Wildman–Crippen MR) is 161 cm³/mol. The lowest BCUT2D eigenvalue weighted by molar-refractivity contribution is -0.157. The van der Waals surface area contributed by atoms with Crippen LogP contribution in [0.15, 0.2) is 59.9 Å². The van der Waals surface area contributed by atoms with Gasteiger partial charge in [0.2, 0.25) is 5.91 Å². The van der Waals surface area contributed by atoms with E-state index in [0.717, 1.165) is 4.90 Å². The van der Waals surface area contributed by atoms with Crippen LogP contribution in [0.2, 0.25) is 0 Å². The Morgan fingerprint density at radius 1 is 1.11 bits per heavy atom. The van der Waals surface area contributed by atoms with Gasteiger partial charge in [-0.05, 0) is 75.1 Å². The number of nitrogens with zero attached hydrogens (tertiary/aromatic N) is 4. The Hall–Kier alpha value is -4.04. The first-order chi connectivity index (χ1) is 21.0. The number of alkyl halides is 3. The average Bonchev–Trinajstić information content (AvgIpc) is 3.37. The number of carbonyl (C=O) groups excluding carboxylic acids is 1. The molecule has 1 amide bonds. The van der Waals surface area contributed by atoms with Crippen molar-refractivity contribution in [1.82, 2.24) is 19.7 Å². The van der Waals surface area contributed by atoms with Gasteiger partial charge in [-0.1, -0.05) is 6.07 Å². The Kier molecular flexibility index (Phi) is 8.66. The second-order valence-electron chi connectivity index (χ2n) is 12.3. The third-order valence-electron chi connectivity index (χ3n) is 7.34. The van der Waals surface area contributed by atoms with Crippen LogP contribution in [0, 0.1) is 18.7 Å². The molecule has 1 aliphatic heterocycles. The third-order valence-corrected chi connectivity index (χ3v) is 9.22. The summed E-state index contributed by atoms with van der Waals surface area (Å²) in [5.74, 6) is -1.70. The number of aromatic nitrogens is 3. The number of hydrogen-bond acceptors (Lipinski definition) is 7. The van der Waals surface area contributed by atoms with E-state index in [1.165, 1.54) is 36.5 Å². The summed E-state index contributed by atoms with van der Waals surface area (Å²) in [5.41, 5.74) is 1.52. The standard InChI is InChI=1S/C31H33F4N5O4S/c1-19-9-20(11-28(41)38-22-13-37-40(16-22)30(2,3)4)10-25(32)29(19)44-27-7-8-36-26-6-5-23(12-24(26)27)45(42,43)17-21-14-39(15-21)18-31(33,34)35/h5-10,12-13,16,21H,11,14-15,17-18H2,1-4H3,(H,38,41). The molecule has 0 bridgehead atoms. The number of benzene rings is 2. The summed E-state index contributed by atoms with van der Waals surface area (Å²) < 4.78 is 87.1. The zero-order chi connectivity index (χ0) is 32.7. The Bertz CT molecular complexity index is 1820. The molecule has 2 aromatic carbocycles. The van der Waals surface area contributed by atoms with Crippen molar-refractivity contribution in [2.75, 3.05) is 30.7 Å². The highest BCUT2D eigenvalue weighted by Crippen LogP contribution is 2.35. The van der Waals surface area contributed by atoms with Crippen LogP contribution in [0.4, 0.5) is 23.2 Å². The second-order valence-corrected chi connectivity index (χ2v) is 14.4. The van der Waals surface area contributed by atoms with Gasteiger partial charge in [0, 0.05) is 30.9 Å². The normalized spacial score (nSPS) is 14.8. The molecule has 3 heterocycles. The molecule has 45 heavy (non-hydrogen) atoms. The molecule has 1 saturated heterocycles. The number of nitrogens with one attached hydrogen (secondary N) is 1. The van der Waals surface area contributed by atoms with Crippen LogP contribution >= 0.6 is 0 Å². The first-order valence-electron chi connectivity index (χ1n) is 14.2. The molecule has 5 rings (SSSR count). The van der Waals surface area contributed by atoms with E-state index in [4.69, 9.17) is 4.74 Å². The van der Waals surface area contributed by atoms with Crippen LogP contribution in [0.3, 0.4) is 0 Å². The minimum Gasteiger partial charge on any atom is -0.453 e. The number of amides is 1. The van der Waals surface area contributed by atoms with E-state index < -0.39 is 34.3 Å². The van der Waals surface area contributed by atoms with E-state index in [1.54, 1.807) is 30.1 Å². The summed E-state index contributed by atoms with van der Waals surface area (Å²) in [4.78, 5) is 18.0. The third kappa shape index (κ3) is 7.79. The number of rotatable bonds is 9.